The molecule has 0 aliphatic rings. The summed E-state index contributed by atoms with van der Waals surface area (Å²) in [5.74, 6) is 0.292. The van der Waals surface area contributed by atoms with Crippen LogP contribution in [0.15, 0.2) is 54.7 Å². The van der Waals surface area contributed by atoms with Crippen LogP contribution >= 0.6 is 0 Å². The number of benzene rings is 2. The van der Waals surface area contributed by atoms with Crippen LogP contribution in [0.4, 0.5) is 0 Å². The van der Waals surface area contributed by atoms with Crippen molar-refractivity contribution in [3.63, 3.8) is 0 Å². The molecule has 3 N–H and O–H groups in total. The van der Waals surface area contributed by atoms with E-state index in [0.29, 0.717) is 23.7 Å². The minimum atomic E-state index is -1.08. The minimum Gasteiger partial charge on any atom is -0.478 e. The van der Waals surface area contributed by atoms with Crippen molar-refractivity contribution < 1.29 is 14.3 Å². The molecule has 0 aliphatic heterocycles. The van der Waals surface area contributed by atoms with Gasteiger partial charge in [0.15, 0.2) is 11.4 Å². The molecule has 2 amide bonds. The fourth-order valence-electron chi connectivity index (χ4n) is 3.20. The SMILES string of the molecule is Cc1cccc(OC(C)(C)C(=O)NCCc2nc(-c3ccccc3)ncc2C(N)=O)c1C. The van der Waals surface area contributed by atoms with E-state index < -0.39 is 11.5 Å². The van der Waals surface area contributed by atoms with Crippen LogP contribution in [0.3, 0.4) is 0 Å². The lowest BCUT2D eigenvalue weighted by atomic mass is 10.1. The van der Waals surface area contributed by atoms with Gasteiger partial charge in [-0.2, -0.15) is 0 Å². The number of carbonyl (C=O) groups excluding carboxylic acids is 2. The fourth-order valence-corrected chi connectivity index (χ4v) is 3.20. The van der Waals surface area contributed by atoms with Gasteiger partial charge < -0.3 is 15.8 Å². The maximum absolute atomic E-state index is 12.8. The van der Waals surface area contributed by atoms with Crippen LogP contribution in [0.5, 0.6) is 5.75 Å². The van der Waals surface area contributed by atoms with Crippen molar-refractivity contribution in [1.82, 2.24) is 15.3 Å². The normalized spacial score (nSPS) is 11.1. The number of primary amides is 1. The summed E-state index contributed by atoms with van der Waals surface area (Å²) < 4.78 is 6.01. The third-order valence-electron chi connectivity index (χ3n) is 5.28. The molecule has 0 bridgehead atoms. The monoisotopic (exact) mass is 432 g/mol. The molecule has 0 aliphatic carbocycles. The number of nitrogens with zero attached hydrogens (tertiary/aromatic N) is 2. The van der Waals surface area contributed by atoms with E-state index in [1.165, 1.54) is 6.20 Å². The van der Waals surface area contributed by atoms with Gasteiger partial charge in [0, 0.05) is 24.7 Å². The molecule has 0 fully saturated rings. The van der Waals surface area contributed by atoms with E-state index in [-0.39, 0.29) is 18.0 Å². The lowest BCUT2D eigenvalue weighted by Crippen LogP contribution is -2.47. The van der Waals surface area contributed by atoms with Crippen molar-refractivity contribution in [3.8, 4) is 17.1 Å². The molecule has 0 unspecified atom stereocenters. The molecule has 0 saturated carbocycles. The van der Waals surface area contributed by atoms with Crippen molar-refractivity contribution in [2.45, 2.75) is 39.7 Å². The number of rotatable bonds is 8. The number of nitrogens with one attached hydrogen (secondary N) is 1. The topological polar surface area (TPSA) is 107 Å². The Balaban J connectivity index is 1.70. The van der Waals surface area contributed by atoms with Crippen LogP contribution in [0, 0.1) is 13.8 Å². The van der Waals surface area contributed by atoms with E-state index in [1.54, 1.807) is 13.8 Å². The first kappa shape index (κ1) is 22.9. The molecule has 0 atom stereocenters. The lowest BCUT2D eigenvalue weighted by Gasteiger charge is -2.26. The van der Waals surface area contributed by atoms with E-state index in [1.807, 2.05) is 62.4 Å². The summed E-state index contributed by atoms with van der Waals surface area (Å²) in [4.78, 5) is 33.4. The van der Waals surface area contributed by atoms with Gasteiger partial charge in [-0.25, -0.2) is 9.97 Å². The van der Waals surface area contributed by atoms with Crippen molar-refractivity contribution in [2.24, 2.45) is 5.73 Å². The molecule has 166 valence electrons. The summed E-state index contributed by atoms with van der Waals surface area (Å²) >= 11 is 0. The predicted octanol–water partition coefficient (Wildman–Crippen LogP) is 3.38. The highest BCUT2D eigenvalue weighted by molar-refractivity contribution is 5.93. The predicted molar refractivity (Wildman–Crippen MR) is 123 cm³/mol. The van der Waals surface area contributed by atoms with Gasteiger partial charge in [-0.15, -0.1) is 0 Å². The number of nitrogens with two attached hydrogens (primary N) is 1. The second kappa shape index (κ2) is 9.60. The maximum Gasteiger partial charge on any atom is 0.263 e. The Hall–Kier alpha value is -3.74. The van der Waals surface area contributed by atoms with Crippen LogP contribution < -0.4 is 15.8 Å². The second-order valence-electron chi connectivity index (χ2n) is 8.10. The molecule has 3 rings (SSSR count). The van der Waals surface area contributed by atoms with Gasteiger partial charge in [0.2, 0.25) is 0 Å². The average molecular weight is 433 g/mol. The van der Waals surface area contributed by atoms with Crippen LogP contribution in [0.1, 0.15) is 41.0 Å². The van der Waals surface area contributed by atoms with E-state index in [4.69, 9.17) is 10.5 Å². The van der Waals surface area contributed by atoms with Gasteiger partial charge in [-0.05, 0) is 44.9 Å². The van der Waals surface area contributed by atoms with Gasteiger partial charge in [-0.3, -0.25) is 9.59 Å². The molecular weight excluding hydrogens is 404 g/mol. The summed E-state index contributed by atoms with van der Waals surface area (Å²) in [6.07, 6.45) is 1.76. The highest BCUT2D eigenvalue weighted by Crippen LogP contribution is 2.25. The standard InChI is InChI=1S/C25H28N4O3/c1-16-9-8-12-21(17(16)2)32-25(3,4)24(31)27-14-13-20-19(22(26)30)15-28-23(29-20)18-10-6-5-7-11-18/h5-12,15H,13-14H2,1-4H3,(H2,26,30)(H,27,31). The molecular formula is C25H28N4O3. The van der Waals surface area contributed by atoms with Crippen molar-refractivity contribution in [3.05, 3.63) is 77.1 Å². The van der Waals surface area contributed by atoms with Gasteiger partial charge >= 0.3 is 0 Å². The molecule has 0 radical (unpaired) electrons. The zero-order valence-corrected chi connectivity index (χ0v) is 18.8. The van der Waals surface area contributed by atoms with E-state index in [2.05, 4.69) is 15.3 Å². The van der Waals surface area contributed by atoms with Crippen LogP contribution in [0.25, 0.3) is 11.4 Å². The van der Waals surface area contributed by atoms with Gasteiger partial charge in [0.1, 0.15) is 5.75 Å². The van der Waals surface area contributed by atoms with Crippen LogP contribution in [0.2, 0.25) is 0 Å². The molecule has 1 aromatic heterocycles. The number of ether oxygens (including phenoxy) is 1. The number of aromatic nitrogens is 2. The summed E-state index contributed by atoms with van der Waals surface area (Å²) in [5, 5.41) is 2.87. The van der Waals surface area contributed by atoms with E-state index >= 15 is 0 Å². The Morgan fingerprint density at radius 1 is 1.06 bits per heavy atom. The van der Waals surface area contributed by atoms with E-state index in [0.717, 1.165) is 16.7 Å². The Labute approximate surface area is 188 Å². The molecule has 0 saturated heterocycles. The largest absolute Gasteiger partial charge is 0.478 e. The first-order chi connectivity index (χ1) is 15.2. The summed E-state index contributed by atoms with van der Waals surface area (Å²) in [5.41, 5.74) is 8.06. The van der Waals surface area contributed by atoms with Crippen LogP contribution in [-0.4, -0.2) is 33.9 Å². The molecule has 7 heteroatoms. The number of aryl methyl sites for hydroxylation is 1. The third kappa shape index (κ3) is 5.29. The summed E-state index contributed by atoms with van der Waals surface area (Å²) in [7, 11) is 0. The number of hydrogen-bond acceptors (Lipinski definition) is 5. The second-order valence-corrected chi connectivity index (χ2v) is 8.10. The quantitative estimate of drug-likeness (QED) is 0.567. The van der Waals surface area contributed by atoms with Gasteiger partial charge in [0.05, 0.1) is 11.3 Å². The minimum absolute atomic E-state index is 0.241. The highest BCUT2D eigenvalue weighted by Gasteiger charge is 2.30. The van der Waals surface area contributed by atoms with Gasteiger partial charge in [-0.1, -0.05) is 42.5 Å². The van der Waals surface area contributed by atoms with Crippen molar-refractivity contribution in [1.29, 1.82) is 0 Å². The van der Waals surface area contributed by atoms with Crippen molar-refractivity contribution in [2.75, 3.05) is 6.54 Å². The molecule has 32 heavy (non-hydrogen) atoms. The highest BCUT2D eigenvalue weighted by atomic mass is 16.5. The third-order valence-corrected chi connectivity index (χ3v) is 5.28. The Morgan fingerprint density at radius 3 is 2.47 bits per heavy atom. The zero-order valence-electron chi connectivity index (χ0n) is 18.8. The maximum atomic E-state index is 12.8. The molecule has 2 aromatic carbocycles. The van der Waals surface area contributed by atoms with E-state index in [9.17, 15) is 9.59 Å². The molecule has 1 heterocycles. The first-order valence-electron chi connectivity index (χ1n) is 10.4. The molecule has 3 aromatic rings. The first-order valence-corrected chi connectivity index (χ1v) is 10.4. The average Bonchev–Trinajstić information content (AvgIpc) is 2.77. The van der Waals surface area contributed by atoms with Gasteiger partial charge in [0.25, 0.3) is 11.8 Å². The summed E-state index contributed by atoms with van der Waals surface area (Å²) in [6.45, 7) is 7.67. The number of hydrogen-bond donors (Lipinski definition) is 2. The molecule has 0 spiro atoms. The Bertz CT molecular complexity index is 1130. The van der Waals surface area contributed by atoms with Crippen LogP contribution in [-0.2, 0) is 11.2 Å². The summed E-state index contributed by atoms with van der Waals surface area (Å²) in [6, 6.07) is 15.2. The lowest BCUT2D eigenvalue weighted by molar-refractivity contribution is -0.134. The van der Waals surface area contributed by atoms with Crippen molar-refractivity contribution >= 4 is 11.8 Å². The Kier molecular flexibility index (Phi) is 6.88. The number of carbonyl (C=O) groups is 2. The zero-order chi connectivity index (χ0) is 23.3. The fraction of sp³-hybridized carbons (Fsp3) is 0.280. The Morgan fingerprint density at radius 2 is 1.78 bits per heavy atom. The number of amides is 2. The molecule has 7 nitrogen and oxygen atoms in total. The smallest absolute Gasteiger partial charge is 0.263 e.